The molecule has 1 aromatic rings. The molecule has 3 heteroatoms. The van der Waals surface area contributed by atoms with E-state index in [4.69, 9.17) is 9.47 Å². The highest BCUT2D eigenvalue weighted by Crippen LogP contribution is 2.26. The minimum Gasteiger partial charge on any atom is -0.457 e. The predicted molar refractivity (Wildman–Crippen MR) is 38.0 cm³/mol. The first kappa shape index (κ1) is 6.22. The van der Waals surface area contributed by atoms with Crippen molar-refractivity contribution in [1.82, 2.24) is 0 Å². The molecule has 3 nitrogen and oxygen atoms in total. The third-order valence-corrected chi connectivity index (χ3v) is 1.55. The quantitative estimate of drug-likeness (QED) is 0.565. The summed E-state index contributed by atoms with van der Waals surface area (Å²) in [6.45, 7) is 0.197. The van der Waals surface area contributed by atoms with Crippen molar-refractivity contribution in [1.29, 1.82) is 0 Å². The molecule has 1 aliphatic rings. The van der Waals surface area contributed by atoms with Gasteiger partial charge in [-0.3, -0.25) is 4.79 Å². The van der Waals surface area contributed by atoms with Crippen molar-refractivity contribution in [2.75, 3.05) is 6.79 Å². The zero-order valence-electron chi connectivity index (χ0n) is 5.74. The van der Waals surface area contributed by atoms with Crippen LogP contribution in [0.1, 0.15) is 10.4 Å². The Kier molecular flexibility index (Phi) is 1.28. The first-order chi connectivity index (χ1) is 5.40. The molecule has 11 heavy (non-hydrogen) atoms. The van der Waals surface area contributed by atoms with Crippen LogP contribution in [0.3, 0.4) is 0 Å². The molecule has 2 bridgehead atoms. The molecule has 0 unspecified atom stereocenters. The number of ether oxygens (including phenoxy) is 2. The van der Waals surface area contributed by atoms with Gasteiger partial charge in [0.25, 0.3) is 0 Å². The van der Waals surface area contributed by atoms with Crippen molar-refractivity contribution in [2.45, 2.75) is 0 Å². The maximum atomic E-state index is 10.4. The Morgan fingerprint density at radius 2 is 2.27 bits per heavy atom. The van der Waals surface area contributed by atoms with Gasteiger partial charge < -0.3 is 9.47 Å². The summed E-state index contributed by atoms with van der Waals surface area (Å²) in [5, 5.41) is 0. The number of carbonyl (C=O) groups is 1. The van der Waals surface area contributed by atoms with Crippen molar-refractivity contribution in [2.24, 2.45) is 0 Å². The molecule has 0 saturated heterocycles. The molecule has 0 saturated carbocycles. The topological polar surface area (TPSA) is 35.5 Å². The Hall–Kier alpha value is -1.51. The average Bonchev–Trinajstić information content (AvgIpc) is 2.06. The van der Waals surface area contributed by atoms with Gasteiger partial charge in [-0.05, 0) is 12.1 Å². The molecular weight excluding hydrogens is 144 g/mol. The molecule has 1 aliphatic heterocycles. The fourth-order valence-electron chi connectivity index (χ4n) is 0.988. The van der Waals surface area contributed by atoms with Gasteiger partial charge in [-0.25, -0.2) is 0 Å². The molecule has 0 aromatic heterocycles. The highest BCUT2D eigenvalue weighted by molar-refractivity contribution is 5.79. The summed E-state index contributed by atoms with van der Waals surface area (Å²) in [7, 11) is 0. The van der Waals surface area contributed by atoms with E-state index in [0.717, 1.165) is 12.0 Å². The molecule has 0 N–H and O–H groups in total. The first-order valence-corrected chi connectivity index (χ1v) is 3.25. The van der Waals surface area contributed by atoms with E-state index in [9.17, 15) is 4.79 Å². The van der Waals surface area contributed by atoms with Crippen LogP contribution in [0.2, 0.25) is 0 Å². The van der Waals surface area contributed by atoms with E-state index >= 15 is 0 Å². The zero-order chi connectivity index (χ0) is 7.68. The molecule has 1 aromatic carbocycles. The number of hydrogen-bond donors (Lipinski definition) is 0. The molecule has 0 radical (unpaired) electrons. The predicted octanol–water partition coefficient (Wildman–Crippen LogP) is 1.23. The van der Waals surface area contributed by atoms with Crippen molar-refractivity contribution >= 4 is 6.29 Å². The van der Waals surface area contributed by atoms with E-state index in [1.165, 1.54) is 0 Å². The average molecular weight is 150 g/mol. The summed E-state index contributed by atoms with van der Waals surface area (Å²) >= 11 is 0. The van der Waals surface area contributed by atoms with Crippen LogP contribution in [0.25, 0.3) is 0 Å². The van der Waals surface area contributed by atoms with E-state index in [1.807, 2.05) is 0 Å². The van der Waals surface area contributed by atoms with Crippen LogP contribution in [0.4, 0.5) is 0 Å². The van der Waals surface area contributed by atoms with Crippen LogP contribution in [-0.4, -0.2) is 13.1 Å². The Morgan fingerprint density at radius 1 is 1.36 bits per heavy atom. The van der Waals surface area contributed by atoms with E-state index in [1.54, 1.807) is 18.2 Å². The van der Waals surface area contributed by atoms with Gasteiger partial charge in [0.2, 0.25) is 6.79 Å². The maximum absolute atomic E-state index is 10.4. The fourth-order valence-corrected chi connectivity index (χ4v) is 0.988. The molecule has 0 fully saturated rings. The molecule has 56 valence electrons. The second-order valence-electron chi connectivity index (χ2n) is 2.22. The van der Waals surface area contributed by atoms with E-state index in [2.05, 4.69) is 0 Å². The van der Waals surface area contributed by atoms with Gasteiger partial charge in [0.1, 0.15) is 11.5 Å². The number of benzene rings is 1. The van der Waals surface area contributed by atoms with Gasteiger partial charge in [-0.1, -0.05) is 0 Å². The molecule has 0 spiro atoms. The maximum Gasteiger partial charge on any atom is 0.230 e. The summed E-state index contributed by atoms with van der Waals surface area (Å²) in [6, 6.07) is 5.12. The Morgan fingerprint density at radius 3 is 3.09 bits per heavy atom. The Bertz CT molecular complexity index is 293. The molecule has 0 amide bonds. The lowest BCUT2D eigenvalue weighted by molar-refractivity contribution is 0.100. The SMILES string of the molecule is O=Cc1ccc2cc1OCO2. The summed E-state index contributed by atoms with van der Waals surface area (Å²) < 4.78 is 10.1. The summed E-state index contributed by atoms with van der Waals surface area (Å²) in [5.74, 6) is 1.35. The van der Waals surface area contributed by atoms with Crippen LogP contribution in [0, 0.1) is 0 Å². The van der Waals surface area contributed by atoms with Crippen molar-refractivity contribution in [3.63, 3.8) is 0 Å². The fraction of sp³-hybridized carbons (Fsp3) is 0.125. The van der Waals surface area contributed by atoms with E-state index in [-0.39, 0.29) is 6.79 Å². The van der Waals surface area contributed by atoms with Gasteiger partial charge in [-0.2, -0.15) is 0 Å². The van der Waals surface area contributed by atoms with Crippen LogP contribution >= 0.6 is 0 Å². The van der Waals surface area contributed by atoms with Crippen molar-refractivity contribution < 1.29 is 14.3 Å². The lowest BCUT2D eigenvalue weighted by Crippen LogP contribution is -2.11. The Labute approximate surface area is 63.5 Å². The van der Waals surface area contributed by atoms with Crippen molar-refractivity contribution in [3.8, 4) is 11.5 Å². The number of aldehydes is 1. The van der Waals surface area contributed by atoms with Gasteiger partial charge in [0.15, 0.2) is 6.29 Å². The lowest BCUT2D eigenvalue weighted by Gasteiger charge is -2.16. The number of carbonyl (C=O) groups excluding carboxylic acids is 1. The molecule has 1 heterocycles. The van der Waals surface area contributed by atoms with Gasteiger partial charge >= 0.3 is 0 Å². The zero-order valence-corrected chi connectivity index (χ0v) is 5.74. The monoisotopic (exact) mass is 150 g/mol. The third-order valence-electron chi connectivity index (χ3n) is 1.55. The number of hydrogen-bond acceptors (Lipinski definition) is 3. The minimum atomic E-state index is 0.197. The molecule has 0 aliphatic carbocycles. The van der Waals surface area contributed by atoms with E-state index in [0.29, 0.717) is 11.3 Å². The number of fused-ring (bicyclic) bond motifs is 2. The first-order valence-electron chi connectivity index (χ1n) is 3.25. The lowest BCUT2D eigenvalue weighted by atomic mass is 10.2. The summed E-state index contributed by atoms with van der Waals surface area (Å²) in [5.41, 5.74) is 0.567. The Balaban J connectivity index is 2.54. The van der Waals surface area contributed by atoms with Crippen LogP contribution < -0.4 is 9.47 Å². The third kappa shape index (κ3) is 0.941. The van der Waals surface area contributed by atoms with E-state index < -0.39 is 0 Å². The second-order valence-corrected chi connectivity index (χ2v) is 2.22. The van der Waals surface area contributed by atoms with Gasteiger partial charge in [0.05, 0.1) is 5.56 Å². The summed E-state index contributed by atoms with van der Waals surface area (Å²) in [4.78, 5) is 10.4. The van der Waals surface area contributed by atoms with Gasteiger partial charge in [-0.15, -0.1) is 0 Å². The second kappa shape index (κ2) is 2.27. The van der Waals surface area contributed by atoms with Crippen LogP contribution in [0.5, 0.6) is 11.5 Å². The number of rotatable bonds is 1. The normalized spacial score (nSPS) is 13.1. The van der Waals surface area contributed by atoms with Crippen molar-refractivity contribution in [3.05, 3.63) is 23.8 Å². The largest absolute Gasteiger partial charge is 0.457 e. The summed E-state index contributed by atoms with van der Waals surface area (Å²) in [6.07, 6.45) is 0.768. The molecular formula is C8H6O3. The smallest absolute Gasteiger partial charge is 0.230 e. The highest BCUT2D eigenvalue weighted by Gasteiger charge is 2.09. The van der Waals surface area contributed by atoms with Crippen LogP contribution in [-0.2, 0) is 0 Å². The highest BCUT2D eigenvalue weighted by atomic mass is 16.7. The van der Waals surface area contributed by atoms with Gasteiger partial charge in [0, 0.05) is 6.07 Å². The molecule has 0 atom stereocenters. The van der Waals surface area contributed by atoms with Crippen LogP contribution in [0.15, 0.2) is 18.2 Å². The standard InChI is InChI=1S/C8H6O3/c9-4-6-1-2-7-3-8(6)11-5-10-7/h1-4H,5H2. The minimum absolute atomic E-state index is 0.197. The molecule has 2 rings (SSSR count).